The van der Waals surface area contributed by atoms with E-state index in [2.05, 4.69) is 61.5 Å². The normalized spacial score (nSPS) is 10.7. The molecule has 1 aromatic heterocycles. The maximum Gasteiger partial charge on any atom is 0.199 e. The summed E-state index contributed by atoms with van der Waals surface area (Å²) in [6.07, 6.45) is 0. The van der Waals surface area contributed by atoms with Crippen LogP contribution in [-0.2, 0) is 0 Å². The largest absolute Gasteiger partial charge is 0.445 e. The number of benzene rings is 3. The zero-order valence-corrected chi connectivity index (χ0v) is 15.3. The highest BCUT2D eigenvalue weighted by Gasteiger charge is 2.14. The third-order valence-corrected chi connectivity index (χ3v) is 4.72. The van der Waals surface area contributed by atoms with Crippen LogP contribution in [0.4, 0.5) is 0 Å². The van der Waals surface area contributed by atoms with Gasteiger partial charge in [-0.05, 0) is 41.9 Å². The lowest BCUT2D eigenvalue weighted by Gasteiger charge is -2.12. The van der Waals surface area contributed by atoms with Crippen molar-refractivity contribution in [2.75, 3.05) is 0 Å². The van der Waals surface area contributed by atoms with Gasteiger partial charge in [0.15, 0.2) is 4.71 Å². The standard InChI is InChI=1S/C24H18OS/c1-17-12-14-19(15-13-17)22-16-21(18-8-4-2-5-9-18)23(24(26)25-22)20-10-6-3-7-11-20/h2-16H,1H3. The summed E-state index contributed by atoms with van der Waals surface area (Å²) in [7, 11) is 0. The number of aryl methyl sites for hydroxylation is 1. The van der Waals surface area contributed by atoms with Gasteiger partial charge in [0.2, 0.25) is 0 Å². The number of hydrogen-bond donors (Lipinski definition) is 0. The van der Waals surface area contributed by atoms with Crippen molar-refractivity contribution in [3.63, 3.8) is 0 Å². The van der Waals surface area contributed by atoms with E-state index < -0.39 is 0 Å². The van der Waals surface area contributed by atoms with Gasteiger partial charge < -0.3 is 4.42 Å². The molecule has 4 rings (SSSR count). The van der Waals surface area contributed by atoms with Gasteiger partial charge in [-0.2, -0.15) is 0 Å². The van der Waals surface area contributed by atoms with E-state index in [-0.39, 0.29) is 0 Å². The molecule has 0 saturated heterocycles. The lowest BCUT2D eigenvalue weighted by Crippen LogP contribution is -1.89. The molecule has 4 aromatic rings. The van der Waals surface area contributed by atoms with Crippen molar-refractivity contribution in [1.29, 1.82) is 0 Å². The topological polar surface area (TPSA) is 13.1 Å². The van der Waals surface area contributed by atoms with Crippen LogP contribution in [0.1, 0.15) is 5.56 Å². The van der Waals surface area contributed by atoms with Crippen molar-refractivity contribution in [1.82, 2.24) is 0 Å². The van der Waals surface area contributed by atoms with Crippen LogP contribution in [0.25, 0.3) is 33.6 Å². The minimum absolute atomic E-state index is 0.508. The highest BCUT2D eigenvalue weighted by atomic mass is 32.1. The van der Waals surface area contributed by atoms with Gasteiger partial charge in [-0.15, -0.1) is 0 Å². The van der Waals surface area contributed by atoms with Crippen molar-refractivity contribution in [2.24, 2.45) is 0 Å². The maximum absolute atomic E-state index is 6.07. The number of rotatable bonds is 3. The molecule has 3 aromatic carbocycles. The summed E-state index contributed by atoms with van der Waals surface area (Å²) in [6, 6.07) is 30.9. The van der Waals surface area contributed by atoms with E-state index in [1.165, 1.54) is 5.56 Å². The van der Waals surface area contributed by atoms with E-state index in [0.717, 1.165) is 33.6 Å². The molecule has 0 unspecified atom stereocenters. The summed E-state index contributed by atoms with van der Waals surface area (Å²) in [5, 5.41) is 0. The van der Waals surface area contributed by atoms with E-state index in [4.69, 9.17) is 16.6 Å². The molecule has 0 radical (unpaired) electrons. The molecule has 126 valence electrons. The van der Waals surface area contributed by atoms with Gasteiger partial charge in [-0.25, -0.2) is 0 Å². The average Bonchev–Trinajstić information content (AvgIpc) is 2.69. The van der Waals surface area contributed by atoms with E-state index in [1.807, 2.05) is 36.4 Å². The Bertz CT molecular complexity index is 1080. The fourth-order valence-electron chi connectivity index (χ4n) is 3.08. The predicted octanol–water partition coefficient (Wildman–Crippen LogP) is 7.32. The second kappa shape index (κ2) is 7.11. The van der Waals surface area contributed by atoms with Crippen molar-refractivity contribution >= 4 is 12.2 Å². The van der Waals surface area contributed by atoms with Crippen LogP contribution >= 0.6 is 12.2 Å². The Morgan fingerprint density at radius 3 is 1.85 bits per heavy atom. The fourth-order valence-corrected chi connectivity index (χ4v) is 3.39. The van der Waals surface area contributed by atoms with Crippen molar-refractivity contribution in [3.05, 3.63) is 101 Å². The van der Waals surface area contributed by atoms with Gasteiger partial charge in [-0.1, -0.05) is 90.5 Å². The average molecular weight is 354 g/mol. The summed E-state index contributed by atoms with van der Waals surface area (Å²) in [6.45, 7) is 2.08. The Hall–Kier alpha value is -2.97. The smallest absolute Gasteiger partial charge is 0.199 e. The molecule has 0 saturated carbocycles. The van der Waals surface area contributed by atoms with Gasteiger partial charge in [0, 0.05) is 11.1 Å². The summed E-state index contributed by atoms with van der Waals surface area (Å²) in [5.41, 5.74) is 6.48. The monoisotopic (exact) mass is 354 g/mol. The van der Waals surface area contributed by atoms with E-state index in [1.54, 1.807) is 0 Å². The van der Waals surface area contributed by atoms with Crippen LogP contribution in [0.3, 0.4) is 0 Å². The zero-order chi connectivity index (χ0) is 17.9. The van der Waals surface area contributed by atoms with Gasteiger partial charge in [0.05, 0.1) is 0 Å². The molecule has 0 aliphatic carbocycles. The zero-order valence-electron chi connectivity index (χ0n) is 14.5. The second-order valence-corrected chi connectivity index (χ2v) is 6.66. The third-order valence-electron chi connectivity index (χ3n) is 4.43. The quantitative estimate of drug-likeness (QED) is 0.358. The molecule has 0 spiro atoms. The summed E-state index contributed by atoms with van der Waals surface area (Å²) in [4.78, 5) is 0. The molecule has 26 heavy (non-hydrogen) atoms. The Kier molecular flexibility index (Phi) is 4.51. The van der Waals surface area contributed by atoms with Crippen molar-refractivity contribution in [3.8, 4) is 33.6 Å². The Morgan fingerprint density at radius 2 is 1.23 bits per heavy atom. The van der Waals surface area contributed by atoms with Gasteiger partial charge >= 0.3 is 0 Å². The molecular formula is C24H18OS. The molecule has 1 heterocycles. The van der Waals surface area contributed by atoms with Gasteiger partial charge in [0.1, 0.15) is 5.76 Å². The fraction of sp³-hybridized carbons (Fsp3) is 0.0417. The van der Waals surface area contributed by atoms with E-state index >= 15 is 0 Å². The molecule has 2 heteroatoms. The second-order valence-electron chi connectivity index (χ2n) is 6.28. The molecular weight excluding hydrogens is 336 g/mol. The molecule has 0 atom stereocenters. The maximum atomic E-state index is 6.07. The van der Waals surface area contributed by atoms with Crippen LogP contribution < -0.4 is 0 Å². The van der Waals surface area contributed by atoms with E-state index in [9.17, 15) is 0 Å². The lowest BCUT2D eigenvalue weighted by molar-refractivity contribution is 0.552. The molecule has 0 aliphatic rings. The van der Waals surface area contributed by atoms with Crippen LogP contribution in [0, 0.1) is 11.6 Å². The first-order chi connectivity index (χ1) is 12.7. The molecule has 0 N–H and O–H groups in total. The number of hydrogen-bond acceptors (Lipinski definition) is 2. The van der Waals surface area contributed by atoms with Crippen LogP contribution in [0.5, 0.6) is 0 Å². The van der Waals surface area contributed by atoms with Crippen molar-refractivity contribution < 1.29 is 4.42 Å². The van der Waals surface area contributed by atoms with Crippen LogP contribution in [0.2, 0.25) is 0 Å². The Morgan fingerprint density at radius 1 is 0.654 bits per heavy atom. The van der Waals surface area contributed by atoms with Crippen LogP contribution in [0.15, 0.2) is 95.4 Å². The highest BCUT2D eigenvalue weighted by molar-refractivity contribution is 7.71. The van der Waals surface area contributed by atoms with Crippen LogP contribution in [-0.4, -0.2) is 0 Å². The first kappa shape index (κ1) is 16.5. The predicted molar refractivity (Wildman–Crippen MR) is 111 cm³/mol. The first-order valence-corrected chi connectivity index (χ1v) is 8.99. The minimum Gasteiger partial charge on any atom is -0.445 e. The summed E-state index contributed by atoms with van der Waals surface area (Å²) < 4.78 is 6.57. The van der Waals surface area contributed by atoms with Gasteiger partial charge in [0.25, 0.3) is 0 Å². The van der Waals surface area contributed by atoms with Gasteiger partial charge in [-0.3, -0.25) is 0 Å². The molecule has 0 amide bonds. The molecule has 1 nitrogen and oxygen atoms in total. The highest BCUT2D eigenvalue weighted by Crippen LogP contribution is 2.36. The third kappa shape index (κ3) is 3.24. The van der Waals surface area contributed by atoms with Crippen molar-refractivity contribution in [2.45, 2.75) is 6.92 Å². The lowest BCUT2D eigenvalue weighted by atomic mass is 9.95. The summed E-state index contributed by atoms with van der Waals surface area (Å²) in [5.74, 6) is 0.786. The summed E-state index contributed by atoms with van der Waals surface area (Å²) >= 11 is 5.67. The minimum atomic E-state index is 0.508. The molecule has 0 bridgehead atoms. The molecule has 0 fully saturated rings. The Balaban J connectivity index is 1.98. The van der Waals surface area contributed by atoms with E-state index in [0.29, 0.717) is 4.71 Å². The first-order valence-electron chi connectivity index (χ1n) is 8.58. The SMILES string of the molecule is Cc1ccc(-c2cc(-c3ccccc3)c(-c3ccccc3)c(=S)o2)cc1. The Labute approximate surface area is 158 Å². The molecule has 0 aliphatic heterocycles.